The number of nitrogens with zero attached hydrogens (tertiary/aromatic N) is 2. The van der Waals surface area contributed by atoms with Crippen LogP contribution in [0.4, 0.5) is 17.6 Å². The van der Waals surface area contributed by atoms with Crippen molar-refractivity contribution in [2.75, 3.05) is 6.54 Å². The third-order valence-corrected chi connectivity index (χ3v) is 6.75. The van der Waals surface area contributed by atoms with Crippen LogP contribution in [0.5, 0.6) is 0 Å². The Kier molecular flexibility index (Phi) is 5.42. The van der Waals surface area contributed by atoms with Crippen LogP contribution in [-0.4, -0.2) is 27.3 Å². The molecular formula is C27H23F4N3O. The van der Waals surface area contributed by atoms with Crippen molar-refractivity contribution in [2.24, 2.45) is 0 Å². The Morgan fingerprint density at radius 2 is 1.89 bits per heavy atom. The fraction of sp³-hybridized carbons (Fsp3) is 0.259. The molecule has 1 atom stereocenters. The van der Waals surface area contributed by atoms with Crippen molar-refractivity contribution in [3.63, 3.8) is 0 Å². The molecular weight excluding hydrogens is 458 g/mol. The van der Waals surface area contributed by atoms with Gasteiger partial charge in [0.05, 0.1) is 22.1 Å². The van der Waals surface area contributed by atoms with E-state index in [-0.39, 0.29) is 11.4 Å². The first-order chi connectivity index (χ1) is 16.6. The second-order valence-electron chi connectivity index (χ2n) is 9.21. The quantitative estimate of drug-likeness (QED) is 0.326. The van der Waals surface area contributed by atoms with Gasteiger partial charge in [0.1, 0.15) is 11.6 Å². The third-order valence-electron chi connectivity index (χ3n) is 6.75. The number of alkyl halides is 3. The van der Waals surface area contributed by atoms with E-state index in [1.165, 1.54) is 18.2 Å². The van der Waals surface area contributed by atoms with Crippen molar-refractivity contribution in [1.29, 1.82) is 0 Å². The molecule has 1 fully saturated rings. The summed E-state index contributed by atoms with van der Waals surface area (Å²) in [5, 5.41) is 0. The van der Waals surface area contributed by atoms with Gasteiger partial charge >= 0.3 is 6.18 Å². The van der Waals surface area contributed by atoms with E-state index in [0.717, 1.165) is 17.7 Å². The summed E-state index contributed by atoms with van der Waals surface area (Å²) in [5.41, 5.74) is 1.63. The van der Waals surface area contributed by atoms with Crippen LogP contribution in [0.25, 0.3) is 22.2 Å². The minimum atomic E-state index is -4.46. The number of hydrogen-bond acceptors (Lipinski definition) is 2. The highest BCUT2D eigenvalue weighted by molar-refractivity contribution is 6.01. The number of amides is 1. The van der Waals surface area contributed by atoms with Gasteiger partial charge in [-0.3, -0.25) is 4.79 Å². The number of fused-ring (bicyclic) bond motifs is 1. The van der Waals surface area contributed by atoms with Crippen LogP contribution in [0, 0.1) is 12.7 Å². The number of carbonyl (C=O) groups excluding carboxylic acids is 1. The molecule has 35 heavy (non-hydrogen) atoms. The predicted molar refractivity (Wildman–Crippen MR) is 125 cm³/mol. The van der Waals surface area contributed by atoms with Crippen LogP contribution in [0.1, 0.15) is 47.1 Å². The number of imidazole rings is 1. The number of aromatic amines is 1. The number of carbonyl (C=O) groups is 1. The van der Waals surface area contributed by atoms with E-state index in [9.17, 15) is 22.4 Å². The van der Waals surface area contributed by atoms with E-state index >= 15 is 0 Å². The summed E-state index contributed by atoms with van der Waals surface area (Å²) >= 11 is 0. The van der Waals surface area contributed by atoms with Crippen LogP contribution < -0.4 is 0 Å². The number of likely N-dealkylation sites (tertiary alicyclic amines) is 1. The highest BCUT2D eigenvalue weighted by Crippen LogP contribution is 2.40. The van der Waals surface area contributed by atoms with Gasteiger partial charge in [-0.25, -0.2) is 9.37 Å². The van der Waals surface area contributed by atoms with Crippen LogP contribution in [0.15, 0.2) is 60.7 Å². The zero-order chi connectivity index (χ0) is 25.0. The zero-order valence-electron chi connectivity index (χ0n) is 19.2. The number of benzene rings is 3. The smallest absolute Gasteiger partial charge is 0.340 e. The molecule has 3 aromatic carbocycles. The predicted octanol–water partition coefficient (Wildman–Crippen LogP) is 6.85. The van der Waals surface area contributed by atoms with Crippen molar-refractivity contribution in [3.8, 4) is 11.1 Å². The Balaban J connectivity index is 1.56. The lowest BCUT2D eigenvalue weighted by Gasteiger charge is -2.34. The molecule has 1 aliphatic rings. The molecule has 1 saturated heterocycles. The van der Waals surface area contributed by atoms with Crippen molar-refractivity contribution in [1.82, 2.24) is 14.9 Å². The molecule has 8 heteroatoms. The van der Waals surface area contributed by atoms with Crippen molar-refractivity contribution < 1.29 is 22.4 Å². The molecule has 1 aromatic heterocycles. The number of aromatic nitrogens is 2. The van der Waals surface area contributed by atoms with E-state index in [1.54, 1.807) is 23.1 Å². The first-order valence-corrected chi connectivity index (χ1v) is 11.3. The van der Waals surface area contributed by atoms with Crippen LogP contribution >= 0.6 is 0 Å². The first kappa shape index (κ1) is 23.1. The van der Waals surface area contributed by atoms with E-state index in [4.69, 9.17) is 0 Å². The maximum Gasteiger partial charge on any atom is 0.416 e. The molecule has 0 saturated carbocycles. The summed E-state index contributed by atoms with van der Waals surface area (Å²) < 4.78 is 53.5. The second kappa shape index (κ2) is 8.22. The van der Waals surface area contributed by atoms with Gasteiger partial charge in [0, 0.05) is 12.1 Å². The van der Waals surface area contributed by atoms with Gasteiger partial charge in [-0.2, -0.15) is 13.2 Å². The van der Waals surface area contributed by atoms with E-state index in [0.29, 0.717) is 47.4 Å². The lowest BCUT2D eigenvalue weighted by molar-refractivity contribution is -0.137. The first-order valence-electron chi connectivity index (χ1n) is 11.3. The molecule has 0 aliphatic carbocycles. The standard InChI is InChI=1S/C27H23F4N3O/c1-16-7-9-20(17-5-3-6-19(28)14-17)21(13-16)24(35)34-12-4-11-26(34,2)25-32-22-10-8-18(27(29,30)31)15-23(22)33-25/h3,5-10,13-15H,4,11-12H2,1-2H3,(H,32,33)/t26-/m0/s1. The van der Waals surface area contributed by atoms with Crippen LogP contribution in [0.3, 0.4) is 0 Å². The molecule has 4 aromatic rings. The van der Waals surface area contributed by atoms with Crippen molar-refractivity contribution >= 4 is 16.9 Å². The Bertz CT molecular complexity index is 1440. The largest absolute Gasteiger partial charge is 0.416 e. The maximum atomic E-state index is 13.9. The number of nitrogens with one attached hydrogen (secondary N) is 1. The summed E-state index contributed by atoms with van der Waals surface area (Å²) in [7, 11) is 0. The SMILES string of the molecule is Cc1ccc(-c2cccc(F)c2)c(C(=O)N2CCC[C@@]2(C)c2nc3ccc(C(F)(F)F)cc3[nH]2)c1. The molecule has 2 heterocycles. The van der Waals surface area contributed by atoms with E-state index in [2.05, 4.69) is 9.97 Å². The summed E-state index contributed by atoms with van der Waals surface area (Å²) in [5.74, 6) is -0.185. The van der Waals surface area contributed by atoms with Crippen molar-refractivity contribution in [2.45, 2.75) is 38.4 Å². The van der Waals surface area contributed by atoms with Crippen molar-refractivity contribution in [3.05, 3.63) is 89.0 Å². The van der Waals surface area contributed by atoms with Gasteiger partial charge in [0.25, 0.3) is 5.91 Å². The number of halogens is 4. The number of H-pyrrole nitrogens is 1. The maximum absolute atomic E-state index is 13.9. The van der Waals surface area contributed by atoms with Crippen LogP contribution in [0.2, 0.25) is 0 Å². The molecule has 4 nitrogen and oxygen atoms in total. The highest BCUT2D eigenvalue weighted by atomic mass is 19.4. The van der Waals surface area contributed by atoms with Gasteiger partial charge in [-0.05, 0) is 74.2 Å². The van der Waals surface area contributed by atoms with Gasteiger partial charge in [-0.15, -0.1) is 0 Å². The molecule has 0 unspecified atom stereocenters. The molecule has 5 rings (SSSR count). The molecule has 1 aliphatic heterocycles. The zero-order valence-corrected chi connectivity index (χ0v) is 19.2. The van der Waals surface area contributed by atoms with Gasteiger partial charge in [0.15, 0.2) is 0 Å². The Hall–Kier alpha value is -3.68. The number of hydrogen-bond donors (Lipinski definition) is 1. The number of rotatable bonds is 3. The normalized spacial score (nSPS) is 18.4. The van der Waals surface area contributed by atoms with Gasteiger partial charge < -0.3 is 9.88 Å². The lowest BCUT2D eigenvalue weighted by Crippen LogP contribution is -2.43. The van der Waals surface area contributed by atoms with Gasteiger partial charge in [0.2, 0.25) is 0 Å². The fourth-order valence-corrected chi connectivity index (χ4v) is 4.86. The third kappa shape index (κ3) is 4.07. The average Bonchev–Trinajstić information content (AvgIpc) is 3.42. The monoisotopic (exact) mass is 481 g/mol. The molecule has 0 spiro atoms. The molecule has 180 valence electrons. The summed E-state index contributed by atoms with van der Waals surface area (Å²) in [6.45, 7) is 4.22. The Morgan fingerprint density at radius 1 is 1.09 bits per heavy atom. The van der Waals surface area contributed by atoms with E-state index in [1.807, 2.05) is 26.0 Å². The lowest BCUT2D eigenvalue weighted by atomic mass is 9.94. The minimum Gasteiger partial charge on any atom is -0.340 e. The molecule has 0 radical (unpaired) electrons. The Labute approximate surface area is 199 Å². The summed E-state index contributed by atoms with van der Waals surface area (Å²) in [4.78, 5) is 23.2. The number of aryl methyl sites for hydroxylation is 1. The van der Waals surface area contributed by atoms with Gasteiger partial charge in [-0.1, -0.05) is 29.8 Å². The second-order valence-corrected chi connectivity index (χ2v) is 9.21. The fourth-order valence-electron chi connectivity index (χ4n) is 4.86. The summed E-state index contributed by atoms with van der Waals surface area (Å²) in [6, 6.07) is 14.9. The highest BCUT2D eigenvalue weighted by Gasteiger charge is 2.44. The Morgan fingerprint density at radius 3 is 2.63 bits per heavy atom. The topological polar surface area (TPSA) is 49.0 Å². The molecule has 1 N–H and O–H groups in total. The van der Waals surface area contributed by atoms with E-state index < -0.39 is 23.1 Å². The molecule has 1 amide bonds. The average molecular weight is 481 g/mol. The summed E-state index contributed by atoms with van der Waals surface area (Å²) in [6.07, 6.45) is -3.14. The van der Waals surface area contributed by atoms with Crippen LogP contribution in [-0.2, 0) is 11.7 Å². The minimum absolute atomic E-state index is 0.232. The molecule has 0 bridgehead atoms.